The Morgan fingerprint density at radius 2 is 1.63 bits per heavy atom. The van der Waals surface area contributed by atoms with Gasteiger partial charge in [-0.2, -0.15) is 0 Å². The largest absolute Gasteiger partial charge is 0.356 e. The van der Waals surface area contributed by atoms with Crippen LogP contribution in [0.3, 0.4) is 0 Å². The van der Waals surface area contributed by atoms with Gasteiger partial charge < -0.3 is 10.6 Å². The summed E-state index contributed by atoms with van der Waals surface area (Å²) in [7, 11) is -3.72. The van der Waals surface area contributed by atoms with E-state index >= 15 is 0 Å². The van der Waals surface area contributed by atoms with E-state index in [4.69, 9.17) is 5.14 Å². The van der Waals surface area contributed by atoms with E-state index in [-0.39, 0.29) is 34.6 Å². The molecule has 0 unspecified atom stereocenters. The molecule has 0 saturated carbocycles. The maximum Gasteiger partial charge on any atom is 0.269 e. The van der Waals surface area contributed by atoms with Gasteiger partial charge in [-0.05, 0) is 29.2 Å². The van der Waals surface area contributed by atoms with Gasteiger partial charge in [0.25, 0.3) is 5.69 Å². The zero-order valence-corrected chi connectivity index (χ0v) is 19.9. The molecule has 11 heteroatoms. The average molecular weight is 547 g/mol. The first-order valence-corrected chi connectivity index (χ1v) is 10.6. The van der Waals surface area contributed by atoms with E-state index in [1.54, 1.807) is 24.3 Å². The van der Waals surface area contributed by atoms with Gasteiger partial charge in [-0.25, -0.2) is 18.5 Å². The number of nitrogens with two attached hydrogens (primary N) is 1. The third kappa shape index (κ3) is 8.63. The molecule has 4 N–H and O–H groups in total. The van der Waals surface area contributed by atoms with Crippen LogP contribution in [-0.2, 0) is 23.1 Å². The van der Waals surface area contributed by atoms with Gasteiger partial charge in [0.2, 0.25) is 10.0 Å². The highest BCUT2D eigenvalue weighted by Crippen LogP contribution is 2.12. The molecule has 30 heavy (non-hydrogen) atoms. The zero-order valence-electron chi connectivity index (χ0n) is 16.7. The van der Waals surface area contributed by atoms with Crippen LogP contribution in [0.15, 0.2) is 58.4 Å². The van der Waals surface area contributed by atoms with Crippen LogP contribution in [0.4, 0.5) is 5.69 Å². The van der Waals surface area contributed by atoms with Gasteiger partial charge in [-0.3, -0.25) is 10.1 Å². The molecule has 9 nitrogen and oxygen atoms in total. The molecule has 0 atom stereocenters. The fourth-order valence-corrected chi connectivity index (χ4v) is 2.87. The highest BCUT2D eigenvalue weighted by atomic mass is 127. The van der Waals surface area contributed by atoms with E-state index in [9.17, 15) is 18.5 Å². The molecule has 0 aromatic heterocycles. The van der Waals surface area contributed by atoms with Gasteiger partial charge in [0.1, 0.15) is 0 Å². The van der Waals surface area contributed by atoms with Crippen molar-refractivity contribution >= 4 is 45.6 Å². The third-order valence-electron chi connectivity index (χ3n) is 3.96. The Bertz CT molecular complexity index is 961. The zero-order chi connectivity index (χ0) is 21.4. The number of nitrogens with zero attached hydrogens (tertiary/aromatic N) is 2. The van der Waals surface area contributed by atoms with E-state index in [0.29, 0.717) is 25.0 Å². The minimum Gasteiger partial charge on any atom is -0.356 e. The van der Waals surface area contributed by atoms with Crippen molar-refractivity contribution in [1.82, 2.24) is 10.6 Å². The molecule has 164 valence electrons. The highest BCUT2D eigenvalue weighted by molar-refractivity contribution is 14.0. The monoisotopic (exact) mass is 547 g/mol. The summed E-state index contributed by atoms with van der Waals surface area (Å²) >= 11 is 0. The van der Waals surface area contributed by atoms with Crippen molar-refractivity contribution in [3.8, 4) is 0 Å². The summed E-state index contributed by atoms with van der Waals surface area (Å²) in [5.41, 5.74) is 1.76. The van der Waals surface area contributed by atoms with E-state index in [1.807, 2.05) is 0 Å². The average Bonchev–Trinajstić information content (AvgIpc) is 2.67. The smallest absolute Gasteiger partial charge is 0.269 e. The Balaban J connectivity index is 0.00000450. The van der Waals surface area contributed by atoms with E-state index in [2.05, 4.69) is 29.5 Å². The Morgan fingerprint density at radius 3 is 2.13 bits per heavy atom. The number of hydrogen-bond acceptors (Lipinski definition) is 5. The topological polar surface area (TPSA) is 140 Å². The lowest BCUT2D eigenvalue weighted by molar-refractivity contribution is -0.384. The summed E-state index contributed by atoms with van der Waals surface area (Å²) in [5.74, 6) is 1.00. The molecule has 0 aliphatic heterocycles. The summed E-state index contributed by atoms with van der Waals surface area (Å²) in [6.45, 7) is 5.67. The van der Waals surface area contributed by atoms with Crippen LogP contribution in [0.5, 0.6) is 0 Å². The highest BCUT2D eigenvalue weighted by Gasteiger charge is 2.08. The standard InChI is InChI=1S/C19H25N5O4S.HI/c1-14(2)11-21-19(22-12-15-3-7-17(8-4-15)24(25)26)23-13-16-5-9-18(10-6-16)29(20,27)28;/h3-10,14H,11-13H2,1-2H3,(H2,20,27,28)(H2,21,22,23);1H. The van der Waals surface area contributed by atoms with Crippen LogP contribution in [0.25, 0.3) is 0 Å². The first-order chi connectivity index (χ1) is 13.6. The van der Waals surface area contributed by atoms with Crippen LogP contribution in [0.2, 0.25) is 0 Å². The lowest BCUT2D eigenvalue weighted by atomic mass is 10.2. The second-order valence-electron chi connectivity index (χ2n) is 6.91. The molecule has 0 fully saturated rings. The minimum atomic E-state index is -3.72. The molecule has 0 amide bonds. The van der Waals surface area contributed by atoms with E-state index in [1.165, 1.54) is 24.3 Å². The normalized spacial score (nSPS) is 11.7. The fourth-order valence-electron chi connectivity index (χ4n) is 2.35. The number of benzene rings is 2. The number of aliphatic imine (C=N–C) groups is 1. The number of nitro groups is 1. The van der Waals surface area contributed by atoms with Crippen molar-refractivity contribution in [2.45, 2.75) is 31.8 Å². The van der Waals surface area contributed by atoms with Crippen molar-refractivity contribution in [3.05, 3.63) is 69.8 Å². The molecule has 0 heterocycles. The molecule has 0 radical (unpaired) electrons. The minimum absolute atomic E-state index is 0. The summed E-state index contributed by atoms with van der Waals surface area (Å²) < 4.78 is 22.7. The van der Waals surface area contributed by atoms with E-state index in [0.717, 1.165) is 17.7 Å². The number of sulfonamides is 1. The lowest BCUT2D eigenvalue weighted by Gasteiger charge is -2.14. The first kappa shape index (κ1) is 25.8. The van der Waals surface area contributed by atoms with Crippen LogP contribution < -0.4 is 15.8 Å². The summed E-state index contributed by atoms with van der Waals surface area (Å²) in [6.07, 6.45) is 0. The van der Waals surface area contributed by atoms with Gasteiger partial charge in [-0.15, -0.1) is 24.0 Å². The number of rotatable bonds is 8. The van der Waals surface area contributed by atoms with Crippen LogP contribution in [-0.4, -0.2) is 25.8 Å². The van der Waals surface area contributed by atoms with Crippen molar-refractivity contribution in [2.75, 3.05) is 6.54 Å². The van der Waals surface area contributed by atoms with E-state index < -0.39 is 14.9 Å². The van der Waals surface area contributed by atoms with Gasteiger partial charge in [0.05, 0.1) is 16.4 Å². The molecule has 0 bridgehead atoms. The molecular formula is C19H26IN5O4S. The molecule has 0 spiro atoms. The molecular weight excluding hydrogens is 521 g/mol. The summed E-state index contributed by atoms with van der Waals surface area (Å²) in [4.78, 5) is 14.9. The quantitative estimate of drug-likeness (QED) is 0.153. The summed E-state index contributed by atoms with van der Waals surface area (Å²) in [6, 6.07) is 12.5. The molecule has 0 aliphatic carbocycles. The molecule has 2 aromatic rings. The molecule has 0 aliphatic rings. The molecule has 2 rings (SSSR count). The van der Waals surface area contributed by atoms with Crippen LogP contribution in [0, 0.1) is 16.0 Å². The maximum atomic E-state index is 11.3. The number of halogens is 1. The predicted octanol–water partition coefficient (Wildman–Crippen LogP) is 2.75. The third-order valence-corrected chi connectivity index (χ3v) is 4.89. The number of hydrogen-bond donors (Lipinski definition) is 3. The first-order valence-electron chi connectivity index (χ1n) is 9.02. The Morgan fingerprint density at radius 1 is 1.07 bits per heavy atom. The SMILES string of the molecule is CC(C)CNC(=NCc1ccc(S(N)(=O)=O)cc1)NCc1ccc([N+](=O)[O-])cc1.I. The van der Waals surface area contributed by atoms with Crippen molar-refractivity contribution in [3.63, 3.8) is 0 Å². The fraction of sp³-hybridized carbons (Fsp3) is 0.316. The summed E-state index contributed by atoms with van der Waals surface area (Å²) in [5, 5.41) is 22.3. The van der Waals surface area contributed by atoms with Crippen molar-refractivity contribution in [1.29, 1.82) is 0 Å². The molecule has 2 aromatic carbocycles. The van der Waals surface area contributed by atoms with Crippen LogP contribution in [0.1, 0.15) is 25.0 Å². The number of guanidine groups is 1. The molecule has 0 saturated heterocycles. The number of nitrogens with one attached hydrogen (secondary N) is 2. The van der Waals surface area contributed by atoms with Gasteiger partial charge >= 0.3 is 0 Å². The number of non-ortho nitro benzene ring substituents is 1. The van der Waals surface area contributed by atoms with Gasteiger partial charge in [0, 0.05) is 25.2 Å². The van der Waals surface area contributed by atoms with Crippen molar-refractivity contribution in [2.24, 2.45) is 16.0 Å². The van der Waals surface area contributed by atoms with Crippen molar-refractivity contribution < 1.29 is 13.3 Å². The maximum absolute atomic E-state index is 11.3. The Labute approximate surface area is 193 Å². The Hall–Kier alpha value is -2.25. The predicted molar refractivity (Wildman–Crippen MR) is 127 cm³/mol. The van der Waals surface area contributed by atoms with Gasteiger partial charge in [-0.1, -0.05) is 38.1 Å². The Kier molecular flexibility index (Phi) is 10.2. The second-order valence-corrected chi connectivity index (χ2v) is 8.47. The number of primary sulfonamides is 1. The van der Waals surface area contributed by atoms with Gasteiger partial charge in [0.15, 0.2) is 5.96 Å². The van der Waals surface area contributed by atoms with Crippen LogP contribution >= 0.6 is 24.0 Å². The lowest BCUT2D eigenvalue weighted by Crippen LogP contribution is -2.38. The second kappa shape index (κ2) is 11.8. The number of nitro benzene ring substituents is 1.